The van der Waals surface area contributed by atoms with E-state index in [1.54, 1.807) is 6.20 Å². The molecule has 0 radical (unpaired) electrons. The maximum atomic E-state index is 12.7. The lowest BCUT2D eigenvalue weighted by atomic mass is 10.1. The number of anilines is 1. The van der Waals surface area contributed by atoms with Crippen LogP contribution >= 0.6 is 0 Å². The van der Waals surface area contributed by atoms with Gasteiger partial charge in [0.15, 0.2) is 0 Å². The zero-order chi connectivity index (χ0) is 20.9. The van der Waals surface area contributed by atoms with Gasteiger partial charge in [-0.1, -0.05) is 42.5 Å². The standard InChI is InChI=1S/C23H23N5O2/c1-17-24-13-14-27(17)15-19-7-9-20(10-8-19)25-23(30)21-11-12-22(29)28(26-21)16-18-5-3-2-4-6-18/h2-10,13-14H,11-12,15-16H2,1H3,(H,25,30). The van der Waals surface area contributed by atoms with Gasteiger partial charge in [-0.05, 0) is 30.2 Å². The van der Waals surface area contributed by atoms with E-state index in [-0.39, 0.29) is 18.2 Å². The minimum Gasteiger partial charge on any atom is -0.331 e. The monoisotopic (exact) mass is 401 g/mol. The summed E-state index contributed by atoms with van der Waals surface area (Å²) in [6.45, 7) is 3.05. The molecule has 7 heteroatoms. The van der Waals surface area contributed by atoms with Gasteiger partial charge in [0.1, 0.15) is 11.5 Å². The molecule has 1 aliphatic rings. The Kier molecular flexibility index (Phi) is 5.70. The van der Waals surface area contributed by atoms with E-state index in [9.17, 15) is 9.59 Å². The minimum absolute atomic E-state index is 0.0745. The molecule has 2 heterocycles. The lowest BCUT2D eigenvalue weighted by Gasteiger charge is -2.23. The number of imidazole rings is 1. The quantitative estimate of drug-likeness (QED) is 0.688. The van der Waals surface area contributed by atoms with Crippen molar-refractivity contribution in [1.82, 2.24) is 14.6 Å². The van der Waals surface area contributed by atoms with Crippen molar-refractivity contribution in [1.29, 1.82) is 0 Å². The van der Waals surface area contributed by atoms with Crippen LogP contribution in [0.2, 0.25) is 0 Å². The number of carbonyl (C=O) groups excluding carboxylic acids is 2. The Balaban J connectivity index is 1.40. The number of hydrogen-bond acceptors (Lipinski definition) is 4. The second-order valence-corrected chi connectivity index (χ2v) is 7.24. The summed E-state index contributed by atoms with van der Waals surface area (Å²) >= 11 is 0. The summed E-state index contributed by atoms with van der Waals surface area (Å²) in [4.78, 5) is 29.1. The summed E-state index contributed by atoms with van der Waals surface area (Å²) in [5.74, 6) is 0.602. The SMILES string of the molecule is Cc1nccn1Cc1ccc(NC(=O)C2=NN(Cc3ccccc3)C(=O)CC2)cc1. The van der Waals surface area contributed by atoms with E-state index in [2.05, 4.69) is 20.0 Å². The molecular formula is C23H23N5O2. The molecule has 0 atom stereocenters. The Hall–Kier alpha value is -3.74. The fourth-order valence-electron chi connectivity index (χ4n) is 3.31. The van der Waals surface area contributed by atoms with E-state index in [0.29, 0.717) is 24.4 Å². The smallest absolute Gasteiger partial charge is 0.271 e. The summed E-state index contributed by atoms with van der Waals surface area (Å²) in [7, 11) is 0. The molecule has 152 valence electrons. The lowest BCUT2D eigenvalue weighted by molar-refractivity contribution is -0.132. The number of nitrogens with zero attached hydrogens (tertiary/aromatic N) is 4. The Labute approximate surface area is 175 Å². The van der Waals surface area contributed by atoms with Gasteiger partial charge in [-0.15, -0.1) is 0 Å². The van der Waals surface area contributed by atoms with Crippen molar-refractivity contribution >= 4 is 23.2 Å². The summed E-state index contributed by atoms with van der Waals surface area (Å²) in [6.07, 6.45) is 4.34. The number of aromatic nitrogens is 2. The first-order chi connectivity index (χ1) is 14.6. The first kappa shape index (κ1) is 19.6. The molecule has 30 heavy (non-hydrogen) atoms. The molecule has 4 rings (SSSR count). The van der Waals surface area contributed by atoms with Crippen molar-refractivity contribution in [2.75, 3.05) is 5.32 Å². The second-order valence-electron chi connectivity index (χ2n) is 7.24. The predicted octanol–water partition coefficient (Wildman–Crippen LogP) is 3.36. The zero-order valence-corrected chi connectivity index (χ0v) is 16.8. The van der Waals surface area contributed by atoms with E-state index in [1.807, 2.05) is 67.7 Å². The van der Waals surface area contributed by atoms with Crippen LogP contribution in [0.15, 0.2) is 72.1 Å². The average molecular weight is 401 g/mol. The predicted molar refractivity (Wildman–Crippen MR) is 115 cm³/mol. The molecular weight excluding hydrogens is 378 g/mol. The van der Waals surface area contributed by atoms with Gasteiger partial charge in [-0.3, -0.25) is 9.59 Å². The molecule has 2 aromatic carbocycles. The van der Waals surface area contributed by atoms with E-state index < -0.39 is 0 Å². The van der Waals surface area contributed by atoms with Crippen molar-refractivity contribution in [2.45, 2.75) is 32.9 Å². The van der Waals surface area contributed by atoms with E-state index in [4.69, 9.17) is 0 Å². The molecule has 0 unspecified atom stereocenters. The number of carbonyl (C=O) groups is 2. The van der Waals surface area contributed by atoms with Gasteiger partial charge in [-0.25, -0.2) is 9.99 Å². The average Bonchev–Trinajstić information content (AvgIpc) is 3.16. The number of hydrogen-bond donors (Lipinski definition) is 1. The van der Waals surface area contributed by atoms with Crippen LogP contribution in [0.3, 0.4) is 0 Å². The highest BCUT2D eigenvalue weighted by molar-refractivity contribution is 6.43. The maximum Gasteiger partial charge on any atom is 0.271 e. The van der Waals surface area contributed by atoms with Crippen LogP contribution in [-0.2, 0) is 22.7 Å². The number of aryl methyl sites for hydroxylation is 1. The van der Waals surface area contributed by atoms with Crippen molar-refractivity contribution in [3.63, 3.8) is 0 Å². The molecule has 7 nitrogen and oxygen atoms in total. The fourth-order valence-corrected chi connectivity index (χ4v) is 3.31. The summed E-state index contributed by atoms with van der Waals surface area (Å²) in [6, 6.07) is 17.3. The number of rotatable bonds is 6. The summed E-state index contributed by atoms with van der Waals surface area (Å²) < 4.78 is 2.06. The van der Waals surface area contributed by atoms with Crippen LogP contribution in [0.1, 0.15) is 29.8 Å². The van der Waals surface area contributed by atoms with Gasteiger partial charge >= 0.3 is 0 Å². The number of nitrogens with one attached hydrogen (secondary N) is 1. The second kappa shape index (κ2) is 8.73. The molecule has 2 amide bonds. The molecule has 1 N–H and O–H groups in total. The molecule has 1 aliphatic heterocycles. The third kappa shape index (κ3) is 4.63. The minimum atomic E-state index is -0.279. The largest absolute Gasteiger partial charge is 0.331 e. The summed E-state index contributed by atoms with van der Waals surface area (Å²) in [5.41, 5.74) is 3.15. The number of hydrazone groups is 1. The highest BCUT2D eigenvalue weighted by Crippen LogP contribution is 2.16. The van der Waals surface area contributed by atoms with E-state index in [0.717, 1.165) is 23.5 Å². The first-order valence-corrected chi connectivity index (χ1v) is 9.88. The first-order valence-electron chi connectivity index (χ1n) is 9.88. The highest BCUT2D eigenvalue weighted by atomic mass is 16.2. The number of benzene rings is 2. The molecule has 0 fully saturated rings. The summed E-state index contributed by atoms with van der Waals surface area (Å²) in [5, 5.41) is 8.57. The number of amides is 2. The zero-order valence-electron chi connectivity index (χ0n) is 16.8. The van der Waals surface area contributed by atoms with E-state index in [1.165, 1.54) is 5.01 Å². The maximum absolute atomic E-state index is 12.7. The molecule has 0 saturated heterocycles. The van der Waals surface area contributed by atoms with Crippen LogP contribution in [0.25, 0.3) is 0 Å². The normalized spacial score (nSPS) is 13.8. The van der Waals surface area contributed by atoms with Crippen molar-refractivity contribution < 1.29 is 9.59 Å². The molecule has 0 bridgehead atoms. The molecule has 0 saturated carbocycles. The van der Waals surface area contributed by atoms with Crippen LogP contribution in [-0.4, -0.2) is 32.1 Å². The highest BCUT2D eigenvalue weighted by Gasteiger charge is 2.24. The van der Waals surface area contributed by atoms with Gasteiger partial charge in [0, 0.05) is 37.5 Å². The Bertz CT molecular complexity index is 1070. The third-order valence-corrected chi connectivity index (χ3v) is 5.03. The topological polar surface area (TPSA) is 79.6 Å². The van der Waals surface area contributed by atoms with Gasteiger partial charge in [0.05, 0.1) is 6.54 Å². The lowest BCUT2D eigenvalue weighted by Crippen LogP contribution is -2.36. The van der Waals surface area contributed by atoms with Crippen molar-refractivity contribution in [3.05, 3.63) is 83.9 Å². The van der Waals surface area contributed by atoms with E-state index >= 15 is 0 Å². The Morgan fingerprint density at radius 3 is 2.43 bits per heavy atom. The Morgan fingerprint density at radius 2 is 1.73 bits per heavy atom. The molecule has 0 aliphatic carbocycles. The van der Waals surface area contributed by atoms with Crippen molar-refractivity contribution in [2.24, 2.45) is 5.10 Å². The molecule has 0 spiro atoms. The van der Waals surface area contributed by atoms with Crippen LogP contribution < -0.4 is 5.32 Å². The van der Waals surface area contributed by atoms with Gasteiger partial charge in [0.25, 0.3) is 5.91 Å². The molecule has 1 aromatic heterocycles. The van der Waals surface area contributed by atoms with Crippen LogP contribution in [0.4, 0.5) is 5.69 Å². The van der Waals surface area contributed by atoms with Gasteiger partial charge in [0.2, 0.25) is 5.91 Å². The van der Waals surface area contributed by atoms with Gasteiger partial charge < -0.3 is 9.88 Å². The van der Waals surface area contributed by atoms with Crippen LogP contribution in [0, 0.1) is 6.92 Å². The van der Waals surface area contributed by atoms with Crippen molar-refractivity contribution in [3.8, 4) is 0 Å². The third-order valence-electron chi connectivity index (χ3n) is 5.03. The Morgan fingerprint density at radius 1 is 1.00 bits per heavy atom. The fraction of sp³-hybridized carbons (Fsp3) is 0.217. The molecule has 3 aromatic rings. The van der Waals surface area contributed by atoms with Gasteiger partial charge in [-0.2, -0.15) is 5.10 Å². The van der Waals surface area contributed by atoms with Crippen LogP contribution in [0.5, 0.6) is 0 Å².